The molecule has 0 aliphatic heterocycles. The zero-order valence-electron chi connectivity index (χ0n) is 15.0. The standard InChI is InChI=1S/C19H21F2N3O3/c1-11-9-13(10-12(2)16(11)27-19(20)21)17(25)24-15-6-4-3-5-14(15)18(26)23-8-7-22/h3-6,9-10,19H,7-8,22H2,1-2H3,(H,23,26)(H,24,25). The van der Waals surface area contributed by atoms with Crippen molar-refractivity contribution in [2.24, 2.45) is 5.73 Å². The molecule has 0 aliphatic rings. The Balaban J connectivity index is 2.24. The van der Waals surface area contributed by atoms with Gasteiger partial charge in [0.2, 0.25) is 0 Å². The van der Waals surface area contributed by atoms with Gasteiger partial charge in [-0.15, -0.1) is 0 Å². The van der Waals surface area contributed by atoms with Crippen molar-refractivity contribution in [2.45, 2.75) is 20.5 Å². The largest absolute Gasteiger partial charge is 0.434 e. The number of carbonyl (C=O) groups is 2. The number of benzene rings is 2. The van der Waals surface area contributed by atoms with Crippen LogP contribution >= 0.6 is 0 Å². The molecule has 0 fully saturated rings. The summed E-state index contributed by atoms with van der Waals surface area (Å²) in [7, 11) is 0. The van der Waals surface area contributed by atoms with Crippen molar-refractivity contribution in [2.75, 3.05) is 18.4 Å². The van der Waals surface area contributed by atoms with Crippen LogP contribution in [0.1, 0.15) is 31.8 Å². The Kier molecular flexibility index (Phi) is 6.84. The maximum Gasteiger partial charge on any atom is 0.387 e. The molecule has 0 saturated carbocycles. The highest BCUT2D eigenvalue weighted by Crippen LogP contribution is 2.27. The molecular formula is C19H21F2N3O3. The van der Waals surface area contributed by atoms with Gasteiger partial charge in [0, 0.05) is 18.7 Å². The summed E-state index contributed by atoms with van der Waals surface area (Å²) in [5, 5.41) is 5.32. The molecule has 2 amide bonds. The molecule has 8 heteroatoms. The second-order valence-electron chi connectivity index (χ2n) is 5.86. The lowest BCUT2D eigenvalue weighted by atomic mass is 10.0. The monoisotopic (exact) mass is 377 g/mol. The van der Waals surface area contributed by atoms with Crippen molar-refractivity contribution in [3.63, 3.8) is 0 Å². The van der Waals surface area contributed by atoms with Gasteiger partial charge in [-0.3, -0.25) is 9.59 Å². The fourth-order valence-electron chi connectivity index (χ4n) is 2.62. The molecule has 2 aromatic carbocycles. The summed E-state index contributed by atoms with van der Waals surface area (Å²) in [5.41, 5.74) is 7.10. The molecule has 4 N–H and O–H groups in total. The Morgan fingerprint density at radius 3 is 2.33 bits per heavy atom. The van der Waals surface area contributed by atoms with Crippen LogP contribution in [0.4, 0.5) is 14.5 Å². The van der Waals surface area contributed by atoms with E-state index < -0.39 is 12.5 Å². The highest BCUT2D eigenvalue weighted by molar-refractivity contribution is 6.09. The third kappa shape index (κ3) is 5.24. The topological polar surface area (TPSA) is 93.5 Å². The summed E-state index contributed by atoms with van der Waals surface area (Å²) in [5.74, 6) is -0.781. The first-order valence-electron chi connectivity index (χ1n) is 8.28. The van der Waals surface area contributed by atoms with Crippen LogP contribution in [0.3, 0.4) is 0 Å². The van der Waals surface area contributed by atoms with Crippen LogP contribution in [0, 0.1) is 13.8 Å². The van der Waals surface area contributed by atoms with Gasteiger partial charge in [0.15, 0.2) is 0 Å². The van der Waals surface area contributed by atoms with E-state index in [2.05, 4.69) is 15.4 Å². The highest BCUT2D eigenvalue weighted by atomic mass is 19.3. The Morgan fingerprint density at radius 1 is 1.11 bits per heavy atom. The smallest absolute Gasteiger partial charge is 0.387 e. The number of amides is 2. The number of aryl methyl sites for hydroxylation is 2. The number of rotatable bonds is 7. The number of ether oxygens (including phenoxy) is 1. The van der Waals surface area contributed by atoms with Gasteiger partial charge in [0.05, 0.1) is 11.3 Å². The lowest BCUT2D eigenvalue weighted by Crippen LogP contribution is -2.30. The van der Waals surface area contributed by atoms with Crippen molar-refractivity contribution in [3.8, 4) is 5.75 Å². The highest BCUT2D eigenvalue weighted by Gasteiger charge is 2.17. The van der Waals surface area contributed by atoms with Gasteiger partial charge in [0.25, 0.3) is 11.8 Å². The third-order valence-corrected chi connectivity index (χ3v) is 3.78. The minimum Gasteiger partial charge on any atom is -0.434 e. The van der Waals surface area contributed by atoms with Gasteiger partial charge in [0.1, 0.15) is 5.75 Å². The number of carbonyl (C=O) groups excluding carboxylic acids is 2. The van der Waals surface area contributed by atoms with Crippen molar-refractivity contribution in [3.05, 3.63) is 58.7 Å². The van der Waals surface area contributed by atoms with Gasteiger partial charge in [-0.05, 0) is 49.2 Å². The molecule has 2 rings (SSSR count). The predicted molar refractivity (Wildman–Crippen MR) is 98.3 cm³/mol. The minimum absolute atomic E-state index is 0.0445. The zero-order valence-corrected chi connectivity index (χ0v) is 15.0. The van der Waals surface area contributed by atoms with E-state index in [1.807, 2.05) is 0 Å². The zero-order chi connectivity index (χ0) is 20.0. The number of nitrogens with one attached hydrogen (secondary N) is 2. The molecule has 0 aromatic heterocycles. The number of anilines is 1. The summed E-state index contributed by atoms with van der Waals surface area (Å²) < 4.78 is 29.5. The molecule has 0 atom stereocenters. The van der Waals surface area contributed by atoms with Gasteiger partial charge < -0.3 is 21.1 Å². The average Bonchev–Trinajstić information content (AvgIpc) is 2.62. The van der Waals surface area contributed by atoms with E-state index in [0.717, 1.165) is 0 Å². The Morgan fingerprint density at radius 2 is 1.74 bits per heavy atom. The van der Waals surface area contributed by atoms with Gasteiger partial charge >= 0.3 is 6.61 Å². The molecule has 0 radical (unpaired) electrons. The maximum atomic E-state index is 12.6. The first-order chi connectivity index (χ1) is 12.8. The van der Waals surface area contributed by atoms with E-state index in [4.69, 9.17) is 5.73 Å². The summed E-state index contributed by atoms with van der Waals surface area (Å²) in [4.78, 5) is 24.8. The van der Waals surface area contributed by atoms with Gasteiger partial charge in [-0.2, -0.15) is 8.78 Å². The second kappa shape index (κ2) is 9.09. The molecule has 0 unspecified atom stereocenters. The van der Waals surface area contributed by atoms with E-state index in [1.165, 1.54) is 12.1 Å². The van der Waals surface area contributed by atoms with Crippen LogP contribution in [0.15, 0.2) is 36.4 Å². The minimum atomic E-state index is -2.94. The van der Waals surface area contributed by atoms with Gasteiger partial charge in [-0.1, -0.05) is 12.1 Å². The SMILES string of the molecule is Cc1cc(C(=O)Nc2ccccc2C(=O)NCCN)cc(C)c1OC(F)F. The number of alkyl halides is 2. The molecule has 0 bridgehead atoms. The molecule has 6 nitrogen and oxygen atoms in total. The van der Waals surface area contributed by atoms with Gasteiger partial charge in [-0.25, -0.2) is 0 Å². The van der Waals surface area contributed by atoms with E-state index >= 15 is 0 Å². The second-order valence-corrected chi connectivity index (χ2v) is 5.86. The lowest BCUT2D eigenvalue weighted by molar-refractivity contribution is -0.0507. The number of nitrogens with two attached hydrogens (primary N) is 1. The van der Waals surface area contributed by atoms with Crippen LogP contribution < -0.4 is 21.1 Å². The maximum absolute atomic E-state index is 12.6. The normalized spacial score (nSPS) is 10.6. The molecule has 0 heterocycles. The van der Waals surface area contributed by atoms with E-state index in [-0.39, 0.29) is 17.2 Å². The van der Waals surface area contributed by atoms with Crippen LogP contribution in [0.25, 0.3) is 0 Å². The number of halogens is 2. The van der Waals surface area contributed by atoms with Crippen LogP contribution in [0.2, 0.25) is 0 Å². The molecule has 0 spiro atoms. The molecule has 2 aromatic rings. The molecule has 144 valence electrons. The molecule has 27 heavy (non-hydrogen) atoms. The Bertz CT molecular complexity index is 818. The fourth-order valence-corrected chi connectivity index (χ4v) is 2.62. The Hall–Kier alpha value is -3.00. The number of hydrogen-bond donors (Lipinski definition) is 3. The van der Waals surface area contributed by atoms with Crippen molar-refractivity contribution < 1.29 is 23.1 Å². The van der Waals surface area contributed by atoms with Crippen LogP contribution in [-0.2, 0) is 0 Å². The quantitative estimate of drug-likeness (QED) is 0.692. The first-order valence-corrected chi connectivity index (χ1v) is 8.28. The van der Waals surface area contributed by atoms with Crippen molar-refractivity contribution in [1.29, 1.82) is 0 Å². The summed E-state index contributed by atoms with van der Waals surface area (Å²) in [6.07, 6.45) is 0. The van der Waals surface area contributed by atoms with Crippen molar-refractivity contribution >= 4 is 17.5 Å². The summed E-state index contributed by atoms with van der Waals surface area (Å²) in [6, 6.07) is 9.46. The molecular weight excluding hydrogens is 356 g/mol. The third-order valence-electron chi connectivity index (χ3n) is 3.78. The van der Waals surface area contributed by atoms with E-state index in [0.29, 0.717) is 35.5 Å². The van der Waals surface area contributed by atoms with E-state index in [1.54, 1.807) is 38.1 Å². The number of hydrogen-bond acceptors (Lipinski definition) is 4. The van der Waals surface area contributed by atoms with Crippen LogP contribution in [-0.4, -0.2) is 31.5 Å². The summed E-state index contributed by atoms with van der Waals surface area (Å²) in [6.45, 7) is 0.823. The molecule has 0 saturated heterocycles. The lowest BCUT2D eigenvalue weighted by Gasteiger charge is -2.14. The fraction of sp³-hybridized carbons (Fsp3) is 0.263. The number of para-hydroxylation sites is 1. The first kappa shape index (κ1) is 20.3. The van der Waals surface area contributed by atoms with Crippen molar-refractivity contribution in [1.82, 2.24) is 5.32 Å². The molecule has 0 aliphatic carbocycles. The van der Waals surface area contributed by atoms with Crippen LogP contribution in [0.5, 0.6) is 5.75 Å². The summed E-state index contributed by atoms with van der Waals surface area (Å²) >= 11 is 0. The predicted octanol–water partition coefficient (Wildman–Crippen LogP) is 2.85. The average molecular weight is 377 g/mol. The Labute approximate surface area is 155 Å². The van der Waals surface area contributed by atoms with E-state index in [9.17, 15) is 18.4 Å².